The van der Waals surface area contributed by atoms with Crippen molar-refractivity contribution in [1.82, 2.24) is 5.32 Å². The second kappa shape index (κ2) is 13.8. The van der Waals surface area contributed by atoms with Crippen molar-refractivity contribution in [2.24, 2.45) is 0 Å². The molecule has 0 aromatic heterocycles. The van der Waals surface area contributed by atoms with Crippen molar-refractivity contribution in [3.8, 4) is 0 Å². The number of nitrogens with zero attached hydrogens (tertiary/aromatic N) is 1. The third-order valence-electron chi connectivity index (χ3n) is 3.08. The van der Waals surface area contributed by atoms with Crippen molar-refractivity contribution in [3.05, 3.63) is 12.2 Å². The molecule has 0 N–H and O–H groups in total. The minimum Gasteiger partial charge on any atom is -0.235 e. The van der Waals surface area contributed by atoms with E-state index in [2.05, 4.69) is 38.2 Å². The highest BCUT2D eigenvalue weighted by molar-refractivity contribution is 4.89. The lowest BCUT2D eigenvalue weighted by atomic mass is 10.1. The van der Waals surface area contributed by atoms with Crippen molar-refractivity contribution < 1.29 is 0 Å². The summed E-state index contributed by atoms with van der Waals surface area (Å²) in [5.74, 6) is 0. The van der Waals surface area contributed by atoms with Gasteiger partial charge in [-0.25, -0.2) is 5.32 Å². The minimum absolute atomic E-state index is 0.416. The van der Waals surface area contributed by atoms with Crippen molar-refractivity contribution in [2.75, 3.05) is 6.54 Å². The zero-order chi connectivity index (χ0) is 12.8. The van der Waals surface area contributed by atoms with Crippen LogP contribution in [0, 0.1) is 0 Å². The first-order valence-electron chi connectivity index (χ1n) is 7.64. The summed E-state index contributed by atoms with van der Waals surface area (Å²) >= 11 is 0. The van der Waals surface area contributed by atoms with E-state index in [0.717, 1.165) is 13.0 Å². The van der Waals surface area contributed by atoms with Gasteiger partial charge in [-0.1, -0.05) is 70.9 Å². The molecule has 0 aromatic rings. The van der Waals surface area contributed by atoms with E-state index in [1.54, 1.807) is 0 Å². The smallest absolute Gasteiger partial charge is 0.0397 e. The molecule has 0 saturated carbocycles. The molecular weight excluding hydrogens is 206 g/mol. The van der Waals surface area contributed by atoms with Gasteiger partial charge >= 0.3 is 0 Å². The summed E-state index contributed by atoms with van der Waals surface area (Å²) in [5.41, 5.74) is 0. The minimum atomic E-state index is 0.416. The first-order chi connectivity index (χ1) is 8.31. The first-order valence-corrected chi connectivity index (χ1v) is 7.64. The van der Waals surface area contributed by atoms with E-state index in [1.165, 1.54) is 51.4 Å². The van der Waals surface area contributed by atoms with Gasteiger partial charge in [-0.05, 0) is 19.8 Å². The van der Waals surface area contributed by atoms with Gasteiger partial charge in [0.25, 0.3) is 0 Å². The van der Waals surface area contributed by atoms with Gasteiger partial charge in [-0.2, -0.15) is 0 Å². The lowest BCUT2D eigenvalue weighted by Gasteiger charge is -2.06. The molecule has 0 aliphatic rings. The fraction of sp³-hybridized carbons (Fsp3) is 0.875. The third-order valence-corrected chi connectivity index (χ3v) is 3.08. The summed E-state index contributed by atoms with van der Waals surface area (Å²) in [6, 6.07) is 0.416. The molecule has 0 spiro atoms. The molecule has 1 nitrogen and oxygen atoms in total. The summed E-state index contributed by atoms with van der Waals surface area (Å²) in [4.78, 5) is 0. The highest BCUT2D eigenvalue weighted by Crippen LogP contribution is 2.08. The molecule has 1 radical (unpaired) electrons. The maximum Gasteiger partial charge on any atom is 0.0397 e. The molecule has 0 heterocycles. The third kappa shape index (κ3) is 13.6. The molecule has 101 valence electrons. The van der Waals surface area contributed by atoms with Gasteiger partial charge in [0.05, 0.1) is 0 Å². The zero-order valence-corrected chi connectivity index (χ0v) is 12.3. The summed E-state index contributed by atoms with van der Waals surface area (Å²) in [5, 5.41) is 4.62. The van der Waals surface area contributed by atoms with Crippen LogP contribution in [0.1, 0.15) is 78.6 Å². The van der Waals surface area contributed by atoms with Gasteiger partial charge < -0.3 is 0 Å². The van der Waals surface area contributed by atoms with E-state index in [0.29, 0.717) is 6.04 Å². The SMILES string of the molecule is CC/C=C/C(C)[N]CCCCCCCCCC. The molecule has 0 aromatic carbocycles. The van der Waals surface area contributed by atoms with Crippen LogP contribution in [0.4, 0.5) is 0 Å². The van der Waals surface area contributed by atoms with E-state index in [1.807, 2.05) is 0 Å². The molecule has 1 unspecified atom stereocenters. The Labute approximate surface area is 109 Å². The standard InChI is InChI=1S/C16H32N/c1-4-6-8-9-10-11-12-13-15-17-16(3)14-7-5-2/h7,14,16H,4-6,8-13,15H2,1-3H3/b14-7+. The maximum atomic E-state index is 4.62. The molecule has 1 heteroatoms. The van der Waals surface area contributed by atoms with Gasteiger partial charge in [-0.15, -0.1) is 0 Å². The van der Waals surface area contributed by atoms with Crippen molar-refractivity contribution in [3.63, 3.8) is 0 Å². The Kier molecular flexibility index (Phi) is 13.5. The monoisotopic (exact) mass is 238 g/mol. The predicted octanol–water partition coefficient (Wildman–Crippen LogP) is 5.09. The highest BCUT2D eigenvalue weighted by atomic mass is 14.9. The number of hydrogen-bond donors (Lipinski definition) is 0. The Bertz CT molecular complexity index is 163. The largest absolute Gasteiger partial charge is 0.235 e. The molecule has 0 aliphatic carbocycles. The molecule has 17 heavy (non-hydrogen) atoms. The van der Waals surface area contributed by atoms with Crippen LogP contribution in [0.2, 0.25) is 0 Å². The fourth-order valence-electron chi connectivity index (χ4n) is 1.93. The van der Waals surface area contributed by atoms with Crippen LogP contribution < -0.4 is 5.32 Å². The average molecular weight is 238 g/mol. The second-order valence-corrected chi connectivity index (χ2v) is 4.96. The van der Waals surface area contributed by atoms with E-state index in [9.17, 15) is 0 Å². The Morgan fingerprint density at radius 1 is 0.882 bits per heavy atom. The summed E-state index contributed by atoms with van der Waals surface area (Å²) in [6.45, 7) is 7.67. The summed E-state index contributed by atoms with van der Waals surface area (Å²) in [7, 11) is 0. The number of allylic oxidation sites excluding steroid dienone is 1. The van der Waals surface area contributed by atoms with E-state index in [-0.39, 0.29) is 0 Å². The van der Waals surface area contributed by atoms with Crippen molar-refractivity contribution in [2.45, 2.75) is 84.6 Å². The second-order valence-electron chi connectivity index (χ2n) is 4.96. The summed E-state index contributed by atoms with van der Waals surface area (Å²) in [6.07, 6.45) is 16.6. The number of rotatable bonds is 12. The lowest BCUT2D eigenvalue weighted by molar-refractivity contribution is 0.537. The Hall–Kier alpha value is -0.300. The lowest BCUT2D eigenvalue weighted by Crippen LogP contribution is -2.16. The average Bonchev–Trinajstić information content (AvgIpc) is 2.34. The molecule has 0 saturated heterocycles. The van der Waals surface area contributed by atoms with E-state index < -0.39 is 0 Å². The van der Waals surface area contributed by atoms with E-state index >= 15 is 0 Å². The topological polar surface area (TPSA) is 14.1 Å². The van der Waals surface area contributed by atoms with E-state index in [4.69, 9.17) is 0 Å². The van der Waals surface area contributed by atoms with Crippen LogP contribution in [-0.4, -0.2) is 12.6 Å². The van der Waals surface area contributed by atoms with Crippen LogP contribution >= 0.6 is 0 Å². The van der Waals surface area contributed by atoms with Crippen LogP contribution in [-0.2, 0) is 0 Å². The predicted molar refractivity (Wildman–Crippen MR) is 78.5 cm³/mol. The van der Waals surface area contributed by atoms with Crippen LogP contribution in [0.15, 0.2) is 12.2 Å². The normalized spacial score (nSPS) is 13.4. The van der Waals surface area contributed by atoms with Crippen LogP contribution in [0.3, 0.4) is 0 Å². The Balaban J connectivity index is 3.10. The van der Waals surface area contributed by atoms with Gasteiger partial charge in [0.1, 0.15) is 0 Å². The summed E-state index contributed by atoms with van der Waals surface area (Å²) < 4.78 is 0. The number of hydrogen-bond acceptors (Lipinski definition) is 0. The van der Waals surface area contributed by atoms with Gasteiger partial charge in [0.2, 0.25) is 0 Å². The quantitative estimate of drug-likeness (QED) is 0.332. The number of unbranched alkanes of at least 4 members (excludes halogenated alkanes) is 7. The molecule has 0 bridgehead atoms. The van der Waals surface area contributed by atoms with Crippen molar-refractivity contribution >= 4 is 0 Å². The first kappa shape index (κ1) is 16.7. The Morgan fingerprint density at radius 2 is 1.47 bits per heavy atom. The maximum absolute atomic E-state index is 4.62. The zero-order valence-electron chi connectivity index (χ0n) is 12.3. The molecule has 0 amide bonds. The fourth-order valence-corrected chi connectivity index (χ4v) is 1.93. The van der Waals surface area contributed by atoms with Gasteiger partial charge in [0, 0.05) is 12.6 Å². The Morgan fingerprint density at radius 3 is 2.06 bits per heavy atom. The van der Waals surface area contributed by atoms with Crippen LogP contribution in [0.25, 0.3) is 0 Å². The molecule has 0 rings (SSSR count). The highest BCUT2D eigenvalue weighted by Gasteiger charge is 1.96. The van der Waals surface area contributed by atoms with Crippen molar-refractivity contribution in [1.29, 1.82) is 0 Å². The molecule has 1 atom stereocenters. The van der Waals surface area contributed by atoms with Gasteiger partial charge in [0.15, 0.2) is 0 Å². The van der Waals surface area contributed by atoms with Crippen LogP contribution in [0.5, 0.6) is 0 Å². The molecule has 0 aliphatic heterocycles. The molecule has 0 fully saturated rings. The van der Waals surface area contributed by atoms with Gasteiger partial charge in [-0.3, -0.25) is 0 Å². The molecular formula is C16H32N.